The van der Waals surface area contributed by atoms with Gasteiger partial charge in [0, 0.05) is 30.4 Å². The zero-order chi connectivity index (χ0) is 16.9. The molecule has 0 spiro atoms. The Bertz CT molecular complexity index is 676. The molecule has 1 amide bonds. The molecule has 0 aliphatic heterocycles. The van der Waals surface area contributed by atoms with Crippen LogP contribution in [0.1, 0.15) is 24.5 Å². The first-order valence-electron chi connectivity index (χ1n) is 7.22. The normalized spacial score (nSPS) is 13.4. The van der Waals surface area contributed by atoms with Gasteiger partial charge in [-0.1, -0.05) is 12.1 Å². The van der Waals surface area contributed by atoms with Gasteiger partial charge in [-0.25, -0.2) is 8.78 Å². The van der Waals surface area contributed by atoms with E-state index in [1.165, 1.54) is 13.0 Å². The lowest BCUT2D eigenvalue weighted by atomic mass is 9.95. The summed E-state index contributed by atoms with van der Waals surface area (Å²) >= 11 is 0. The number of carbonyl (C=O) groups excluding carboxylic acids is 1. The van der Waals surface area contributed by atoms with E-state index in [4.69, 9.17) is 0 Å². The first-order chi connectivity index (χ1) is 10.9. The zero-order valence-electron chi connectivity index (χ0n) is 12.7. The molecule has 2 rings (SSSR count). The van der Waals surface area contributed by atoms with Crippen LogP contribution in [0.2, 0.25) is 0 Å². The Kier molecular flexibility index (Phi) is 5.39. The van der Waals surface area contributed by atoms with E-state index in [-0.39, 0.29) is 24.4 Å². The molecule has 0 saturated carbocycles. The lowest BCUT2D eigenvalue weighted by Gasteiger charge is -2.24. The fourth-order valence-corrected chi connectivity index (χ4v) is 2.18. The summed E-state index contributed by atoms with van der Waals surface area (Å²) in [5.41, 5.74) is -0.757. The van der Waals surface area contributed by atoms with E-state index in [0.29, 0.717) is 12.5 Å². The maximum absolute atomic E-state index is 13.7. The van der Waals surface area contributed by atoms with E-state index in [9.17, 15) is 18.7 Å². The summed E-state index contributed by atoms with van der Waals surface area (Å²) in [4.78, 5) is 15.8. The zero-order valence-corrected chi connectivity index (χ0v) is 12.7. The predicted octanol–water partition coefficient (Wildman–Crippen LogP) is 2.32. The van der Waals surface area contributed by atoms with Crippen molar-refractivity contribution in [3.05, 3.63) is 65.5 Å². The molecule has 0 unspecified atom stereocenters. The Morgan fingerprint density at radius 1 is 1.35 bits per heavy atom. The lowest BCUT2D eigenvalue weighted by Crippen LogP contribution is -2.39. The summed E-state index contributed by atoms with van der Waals surface area (Å²) < 4.78 is 26.6. The fraction of sp³-hybridized carbons (Fsp3) is 0.294. The number of carbonyl (C=O) groups is 1. The quantitative estimate of drug-likeness (QED) is 0.858. The minimum absolute atomic E-state index is 0.0635. The number of amides is 1. The number of benzene rings is 1. The molecule has 2 aromatic rings. The SMILES string of the molecule is C[C@](O)(CNC(=O)CCc1cccnc1)c1ccc(F)cc1F. The Balaban J connectivity index is 1.89. The summed E-state index contributed by atoms with van der Waals surface area (Å²) in [6.45, 7) is 1.20. The number of nitrogens with one attached hydrogen (secondary N) is 1. The van der Waals surface area contributed by atoms with Crippen LogP contribution in [0.15, 0.2) is 42.7 Å². The van der Waals surface area contributed by atoms with Crippen molar-refractivity contribution in [1.29, 1.82) is 0 Å². The predicted molar refractivity (Wildman–Crippen MR) is 81.5 cm³/mol. The Morgan fingerprint density at radius 3 is 2.78 bits per heavy atom. The molecule has 122 valence electrons. The largest absolute Gasteiger partial charge is 0.383 e. The average molecular weight is 320 g/mol. The molecule has 2 N–H and O–H groups in total. The van der Waals surface area contributed by atoms with Crippen molar-refractivity contribution in [2.75, 3.05) is 6.54 Å². The van der Waals surface area contributed by atoms with Crippen LogP contribution >= 0.6 is 0 Å². The van der Waals surface area contributed by atoms with Crippen LogP contribution in [-0.4, -0.2) is 22.5 Å². The number of nitrogens with zero attached hydrogens (tertiary/aromatic N) is 1. The van der Waals surface area contributed by atoms with Crippen LogP contribution in [0.4, 0.5) is 8.78 Å². The van der Waals surface area contributed by atoms with Gasteiger partial charge in [-0.3, -0.25) is 9.78 Å². The van der Waals surface area contributed by atoms with Crippen molar-refractivity contribution < 1.29 is 18.7 Å². The molecule has 6 heteroatoms. The van der Waals surface area contributed by atoms with Crippen molar-refractivity contribution >= 4 is 5.91 Å². The van der Waals surface area contributed by atoms with Gasteiger partial charge < -0.3 is 10.4 Å². The van der Waals surface area contributed by atoms with Crippen molar-refractivity contribution in [3.8, 4) is 0 Å². The van der Waals surface area contributed by atoms with Crippen LogP contribution in [0, 0.1) is 11.6 Å². The van der Waals surface area contributed by atoms with E-state index < -0.39 is 17.2 Å². The first-order valence-corrected chi connectivity index (χ1v) is 7.22. The highest BCUT2D eigenvalue weighted by atomic mass is 19.1. The van der Waals surface area contributed by atoms with Gasteiger partial charge in [0.25, 0.3) is 0 Å². The molecule has 23 heavy (non-hydrogen) atoms. The van der Waals surface area contributed by atoms with Crippen LogP contribution in [-0.2, 0) is 16.8 Å². The van der Waals surface area contributed by atoms with Gasteiger partial charge in [0.05, 0.1) is 6.54 Å². The van der Waals surface area contributed by atoms with Crippen LogP contribution in [0.3, 0.4) is 0 Å². The average Bonchev–Trinajstić information content (AvgIpc) is 2.51. The summed E-state index contributed by atoms with van der Waals surface area (Å²) in [6.07, 6.45) is 4.08. The number of aryl methyl sites for hydroxylation is 1. The molecule has 0 radical (unpaired) electrons. The number of aromatic nitrogens is 1. The van der Waals surface area contributed by atoms with E-state index in [2.05, 4.69) is 10.3 Å². The Hall–Kier alpha value is -2.34. The molecule has 0 aliphatic rings. The lowest BCUT2D eigenvalue weighted by molar-refractivity contribution is -0.122. The van der Waals surface area contributed by atoms with E-state index in [0.717, 1.165) is 11.6 Å². The number of aliphatic hydroxyl groups is 1. The molecular weight excluding hydrogens is 302 g/mol. The van der Waals surface area contributed by atoms with E-state index in [1.54, 1.807) is 18.5 Å². The number of hydrogen-bond acceptors (Lipinski definition) is 3. The summed E-state index contributed by atoms with van der Waals surface area (Å²) in [7, 11) is 0. The maximum atomic E-state index is 13.7. The standard InChI is InChI=1S/C17H18F2N2O2/c1-17(23,14-6-5-13(18)9-15(14)19)11-21-16(22)7-4-12-3-2-8-20-10-12/h2-3,5-6,8-10,23H,4,7,11H2,1H3,(H,21,22)/t17-/m0/s1. The minimum Gasteiger partial charge on any atom is -0.383 e. The number of halogens is 2. The minimum atomic E-state index is -1.62. The van der Waals surface area contributed by atoms with Gasteiger partial charge in [-0.05, 0) is 31.0 Å². The first kappa shape index (κ1) is 17.0. The van der Waals surface area contributed by atoms with Crippen molar-refractivity contribution in [2.45, 2.75) is 25.4 Å². The molecule has 1 atom stereocenters. The third-order valence-electron chi connectivity index (χ3n) is 3.50. The number of hydrogen-bond donors (Lipinski definition) is 2. The second-order valence-electron chi connectivity index (χ2n) is 5.54. The highest BCUT2D eigenvalue weighted by Gasteiger charge is 2.27. The third-order valence-corrected chi connectivity index (χ3v) is 3.50. The van der Waals surface area contributed by atoms with Gasteiger partial charge in [-0.2, -0.15) is 0 Å². The molecule has 0 fully saturated rings. The van der Waals surface area contributed by atoms with Crippen LogP contribution < -0.4 is 5.32 Å². The van der Waals surface area contributed by atoms with E-state index >= 15 is 0 Å². The highest BCUT2D eigenvalue weighted by molar-refractivity contribution is 5.76. The molecule has 1 heterocycles. The van der Waals surface area contributed by atoms with Crippen molar-refractivity contribution in [2.24, 2.45) is 0 Å². The summed E-state index contributed by atoms with van der Waals surface area (Å²) in [5, 5.41) is 12.9. The van der Waals surface area contributed by atoms with Crippen LogP contribution in [0.25, 0.3) is 0 Å². The summed E-state index contributed by atoms with van der Waals surface area (Å²) in [6, 6.07) is 6.59. The monoisotopic (exact) mass is 320 g/mol. The van der Waals surface area contributed by atoms with Gasteiger partial charge >= 0.3 is 0 Å². The fourth-order valence-electron chi connectivity index (χ4n) is 2.18. The Morgan fingerprint density at radius 2 is 2.13 bits per heavy atom. The molecule has 1 aromatic heterocycles. The van der Waals surface area contributed by atoms with Crippen molar-refractivity contribution in [1.82, 2.24) is 10.3 Å². The van der Waals surface area contributed by atoms with E-state index in [1.807, 2.05) is 6.07 Å². The highest BCUT2D eigenvalue weighted by Crippen LogP contribution is 2.23. The van der Waals surface area contributed by atoms with Gasteiger partial charge in [0.15, 0.2) is 0 Å². The second-order valence-corrected chi connectivity index (χ2v) is 5.54. The van der Waals surface area contributed by atoms with Gasteiger partial charge in [0.1, 0.15) is 17.2 Å². The van der Waals surface area contributed by atoms with Crippen molar-refractivity contribution in [3.63, 3.8) is 0 Å². The molecule has 0 bridgehead atoms. The molecule has 1 aromatic carbocycles. The van der Waals surface area contributed by atoms with Gasteiger partial charge in [-0.15, -0.1) is 0 Å². The topological polar surface area (TPSA) is 62.2 Å². The Labute approximate surface area is 133 Å². The second kappa shape index (κ2) is 7.28. The third kappa shape index (κ3) is 4.82. The molecule has 0 saturated heterocycles. The van der Waals surface area contributed by atoms with Gasteiger partial charge in [0.2, 0.25) is 5.91 Å². The number of pyridine rings is 1. The van der Waals surface area contributed by atoms with Crippen LogP contribution in [0.5, 0.6) is 0 Å². The maximum Gasteiger partial charge on any atom is 0.220 e. The molecule has 4 nitrogen and oxygen atoms in total. The molecule has 0 aliphatic carbocycles. The summed E-state index contributed by atoms with van der Waals surface area (Å²) in [5.74, 6) is -1.83. The smallest absolute Gasteiger partial charge is 0.220 e. The molecular formula is C17H18F2N2O2. The number of rotatable bonds is 6.